The molecule has 0 aliphatic carbocycles. The average Bonchev–Trinajstić information content (AvgIpc) is 2.41. The molecule has 2 N–H and O–H groups in total. The van der Waals surface area contributed by atoms with Gasteiger partial charge in [-0.3, -0.25) is 4.98 Å². The van der Waals surface area contributed by atoms with E-state index in [2.05, 4.69) is 15.3 Å². The molecular formula is C13H10ClN3O2. The molecule has 1 aromatic heterocycles. The number of hydrogen-bond acceptors (Lipinski definition) is 5. The molecular weight excluding hydrogens is 266 g/mol. The number of fused-ring (bicyclic) bond motifs is 2. The van der Waals surface area contributed by atoms with Crippen LogP contribution in [0.5, 0.6) is 0 Å². The summed E-state index contributed by atoms with van der Waals surface area (Å²) in [6, 6.07) is 10.7. The highest BCUT2D eigenvalue weighted by molar-refractivity contribution is 5.86. The van der Waals surface area contributed by atoms with Gasteiger partial charge in [0.15, 0.2) is 0 Å². The number of benzene rings is 1. The fraction of sp³-hybridized carbons (Fsp3) is 0. The second-order valence-electron chi connectivity index (χ2n) is 3.87. The van der Waals surface area contributed by atoms with Gasteiger partial charge in [0.2, 0.25) is 0 Å². The summed E-state index contributed by atoms with van der Waals surface area (Å²) in [5.74, 6) is 0. The lowest BCUT2D eigenvalue weighted by molar-refractivity contribution is 0.302. The van der Waals surface area contributed by atoms with Crippen LogP contribution in [-0.2, 0) is 0 Å². The van der Waals surface area contributed by atoms with Crippen molar-refractivity contribution in [2.75, 3.05) is 0 Å². The fourth-order valence-corrected chi connectivity index (χ4v) is 2.08. The van der Waals surface area contributed by atoms with Gasteiger partial charge in [0.05, 0.1) is 0 Å². The monoisotopic (exact) mass is 275 g/mol. The van der Waals surface area contributed by atoms with Crippen LogP contribution < -0.4 is 10.7 Å². The molecule has 1 heterocycles. The van der Waals surface area contributed by atoms with Crippen LogP contribution in [-0.4, -0.2) is 15.4 Å². The predicted molar refractivity (Wildman–Crippen MR) is 72.4 cm³/mol. The van der Waals surface area contributed by atoms with E-state index in [1.165, 1.54) is 0 Å². The topological polar surface area (TPSA) is 78.1 Å². The molecule has 0 amide bonds. The number of pyridine rings is 1. The molecule has 0 saturated carbocycles. The number of aromatic nitrogens is 1. The van der Waals surface area contributed by atoms with Crippen LogP contribution in [0.3, 0.4) is 0 Å². The largest absolute Gasteiger partial charge is 0.410 e. The first-order valence-electron chi connectivity index (χ1n) is 5.36. The van der Waals surface area contributed by atoms with Crippen molar-refractivity contribution in [1.29, 1.82) is 0 Å². The summed E-state index contributed by atoms with van der Waals surface area (Å²) in [6.45, 7) is 0. The number of hydrogen-bond donors (Lipinski definition) is 2. The second-order valence-corrected chi connectivity index (χ2v) is 3.87. The predicted octanol–water partition coefficient (Wildman–Crippen LogP) is 1.83. The van der Waals surface area contributed by atoms with Crippen molar-refractivity contribution >= 4 is 34.1 Å². The molecule has 0 radical (unpaired) electrons. The molecule has 0 aliphatic heterocycles. The van der Waals surface area contributed by atoms with E-state index in [4.69, 9.17) is 0 Å². The Morgan fingerprint density at radius 2 is 1.42 bits per heavy atom. The molecule has 0 spiro atoms. The highest BCUT2D eigenvalue weighted by atomic mass is 35.5. The third-order valence-electron chi connectivity index (χ3n) is 2.92. The van der Waals surface area contributed by atoms with E-state index in [9.17, 15) is 10.4 Å². The van der Waals surface area contributed by atoms with Gasteiger partial charge in [0.1, 0.15) is 16.2 Å². The van der Waals surface area contributed by atoms with E-state index in [-0.39, 0.29) is 12.4 Å². The van der Waals surface area contributed by atoms with Crippen LogP contribution in [0.4, 0.5) is 0 Å². The van der Waals surface area contributed by atoms with Gasteiger partial charge in [-0.15, -0.1) is 12.4 Å². The minimum atomic E-state index is 0. The second kappa shape index (κ2) is 5.07. The lowest BCUT2D eigenvalue weighted by atomic mass is 10.1. The molecule has 19 heavy (non-hydrogen) atoms. The van der Waals surface area contributed by atoms with Crippen LogP contribution in [0.2, 0.25) is 0 Å². The summed E-state index contributed by atoms with van der Waals surface area (Å²) in [4.78, 5) is 4.21. The smallest absolute Gasteiger partial charge is 0.136 e. The Morgan fingerprint density at radius 1 is 0.842 bits per heavy atom. The zero-order chi connectivity index (χ0) is 12.5. The molecule has 0 unspecified atom stereocenters. The summed E-state index contributed by atoms with van der Waals surface area (Å²) in [5.41, 5.74) is 0.494. The SMILES string of the molecule is Cl.ON=c1c2ccc(cc2)c(=NO)c2ncccc12. The molecule has 0 aliphatic rings. The van der Waals surface area contributed by atoms with Crippen molar-refractivity contribution in [3.05, 3.63) is 53.3 Å². The molecule has 0 saturated heterocycles. The summed E-state index contributed by atoms with van der Waals surface area (Å²) < 4.78 is 0. The molecule has 4 rings (SSSR count). The lowest BCUT2D eigenvalue weighted by Gasteiger charge is -2.00. The molecule has 0 atom stereocenters. The van der Waals surface area contributed by atoms with Crippen LogP contribution in [0.15, 0.2) is 52.9 Å². The van der Waals surface area contributed by atoms with E-state index >= 15 is 0 Å². The lowest BCUT2D eigenvalue weighted by Crippen LogP contribution is -2.12. The Morgan fingerprint density at radius 3 is 2.00 bits per heavy atom. The van der Waals surface area contributed by atoms with E-state index < -0.39 is 0 Å². The van der Waals surface area contributed by atoms with Crippen LogP contribution >= 0.6 is 12.4 Å². The third-order valence-corrected chi connectivity index (χ3v) is 2.92. The highest BCUT2D eigenvalue weighted by Gasteiger charge is 2.04. The molecule has 0 fully saturated rings. The van der Waals surface area contributed by atoms with E-state index in [1.54, 1.807) is 30.5 Å². The summed E-state index contributed by atoms with van der Waals surface area (Å²) in [5, 5.41) is 28.0. The van der Waals surface area contributed by atoms with Gasteiger partial charge in [0, 0.05) is 22.4 Å². The van der Waals surface area contributed by atoms with Gasteiger partial charge in [-0.2, -0.15) is 0 Å². The minimum absolute atomic E-state index is 0. The Kier molecular flexibility index (Phi) is 3.48. The van der Waals surface area contributed by atoms with Crippen molar-refractivity contribution < 1.29 is 10.4 Å². The standard InChI is InChI=1S/C13H9N3O2.ClH/c17-15-11-8-3-5-9(6-4-8)12(16-18)13-10(11)2-1-7-14-13;/h1-7,17-18H;1H. The zero-order valence-electron chi connectivity index (χ0n) is 9.69. The number of rotatable bonds is 0. The van der Waals surface area contributed by atoms with Gasteiger partial charge < -0.3 is 10.4 Å². The van der Waals surface area contributed by atoms with Crippen LogP contribution in [0, 0.1) is 0 Å². The first kappa shape index (κ1) is 13.0. The summed E-state index contributed by atoms with van der Waals surface area (Å²) >= 11 is 0. The number of nitrogens with zero attached hydrogens (tertiary/aromatic N) is 3. The molecule has 6 heteroatoms. The first-order valence-corrected chi connectivity index (χ1v) is 5.36. The molecule has 3 aromatic carbocycles. The summed E-state index contributed by atoms with van der Waals surface area (Å²) in [6.07, 6.45) is 1.60. The van der Waals surface area contributed by atoms with Crippen molar-refractivity contribution in [2.45, 2.75) is 0 Å². The zero-order valence-corrected chi connectivity index (χ0v) is 10.5. The first-order chi connectivity index (χ1) is 8.85. The van der Waals surface area contributed by atoms with Gasteiger partial charge in [-0.25, -0.2) is 0 Å². The van der Waals surface area contributed by atoms with Crippen molar-refractivity contribution in [3.63, 3.8) is 0 Å². The normalized spacial score (nSPS) is 12.8. The minimum Gasteiger partial charge on any atom is -0.410 e. The van der Waals surface area contributed by atoms with E-state index in [1.807, 2.05) is 12.1 Å². The van der Waals surface area contributed by atoms with Gasteiger partial charge in [-0.05, 0) is 12.1 Å². The Balaban J connectivity index is 0.00000133. The van der Waals surface area contributed by atoms with Gasteiger partial charge in [0.25, 0.3) is 0 Å². The molecule has 5 nitrogen and oxygen atoms in total. The van der Waals surface area contributed by atoms with Crippen LogP contribution in [0.1, 0.15) is 0 Å². The van der Waals surface area contributed by atoms with Gasteiger partial charge in [-0.1, -0.05) is 34.6 Å². The van der Waals surface area contributed by atoms with Crippen molar-refractivity contribution in [3.8, 4) is 0 Å². The van der Waals surface area contributed by atoms with E-state index in [0.29, 0.717) is 21.6 Å². The van der Waals surface area contributed by atoms with E-state index in [0.717, 1.165) is 10.8 Å². The quantitative estimate of drug-likeness (QED) is 0.485. The maximum atomic E-state index is 9.19. The highest BCUT2D eigenvalue weighted by Crippen LogP contribution is 2.08. The maximum absolute atomic E-state index is 9.19. The Labute approximate surface area is 113 Å². The molecule has 4 aromatic rings. The molecule has 96 valence electrons. The fourth-order valence-electron chi connectivity index (χ4n) is 2.08. The maximum Gasteiger partial charge on any atom is 0.136 e. The average molecular weight is 276 g/mol. The Bertz CT molecular complexity index is 773. The van der Waals surface area contributed by atoms with Gasteiger partial charge >= 0.3 is 0 Å². The summed E-state index contributed by atoms with van der Waals surface area (Å²) in [7, 11) is 0. The van der Waals surface area contributed by atoms with Crippen molar-refractivity contribution in [2.24, 2.45) is 10.3 Å². The third kappa shape index (κ3) is 1.94. The Hall–Kier alpha value is -2.40. The molecule has 2 bridgehead atoms. The number of halogens is 1. The van der Waals surface area contributed by atoms with Crippen molar-refractivity contribution in [1.82, 2.24) is 4.98 Å². The van der Waals surface area contributed by atoms with Crippen LogP contribution in [0.25, 0.3) is 21.7 Å².